The maximum Gasteiger partial charge on any atom is 0.236 e. The Morgan fingerprint density at radius 1 is 1.30 bits per heavy atom. The molecule has 0 aromatic carbocycles. The number of ether oxygens (including phenoxy) is 1. The standard InChI is InChI=1S/C14H27N3O2.ClH/c1-10-6-17(7-11(2)19-10)14(18)9-16-5-4-13(8-16)12(3)15;/h10-13H,4-9,15H2,1-3H3;1H. The van der Waals surface area contributed by atoms with Crippen LogP contribution in [0.15, 0.2) is 0 Å². The highest BCUT2D eigenvalue weighted by atomic mass is 35.5. The fourth-order valence-corrected chi connectivity index (χ4v) is 3.11. The molecule has 2 N–H and O–H groups in total. The number of likely N-dealkylation sites (tertiary alicyclic amines) is 1. The summed E-state index contributed by atoms with van der Waals surface area (Å²) in [6, 6.07) is 0.225. The fraction of sp³-hybridized carbons (Fsp3) is 0.929. The molecule has 1 amide bonds. The molecule has 0 spiro atoms. The monoisotopic (exact) mass is 305 g/mol. The zero-order valence-corrected chi connectivity index (χ0v) is 13.6. The third-order valence-electron chi connectivity index (χ3n) is 4.18. The van der Waals surface area contributed by atoms with Gasteiger partial charge in [-0.2, -0.15) is 0 Å². The van der Waals surface area contributed by atoms with E-state index in [-0.39, 0.29) is 36.6 Å². The number of carbonyl (C=O) groups excluding carboxylic acids is 1. The number of rotatable bonds is 3. The van der Waals surface area contributed by atoms with E-state index in [0.717, 1.165) is 19.5 Å². The lowest BCUT2D eigenvalue weighted by atomic mass is 10.0. The molecule has 2 aliphatic rings. The van der Waals surface area contributed by atoms with Crippen molar-refractivity contribution in [3.05, 3.63) is 0 Å². The summed E-state index contributed by atoms with van der Waals surface area (Å²) in [6.45, 7) is 10.0. The number of halogens is 1. The fourth-order valence-electron chi connectivity index (χ4n) is 3.11. The van der Waals surface area contributed by atoms with E-state index in [1.165, 1.54) is 0 Å². The van der Waals surface area contributed by atoms with Gasteiger partial charge in [0.05, 0.1) is 18.8 Å². The predicted molar refractivity (Wildman–Crippen MR) is 82.0 cm³/mol. The highest BCUT2D eigenvalue weighted by Gasteiger charge is 2.30. The van der Waals surface area contributed by atoms with Crippen molar-refractivity contribution >= 4 is 18.3 Å². The van der Waals surface area contributed by atoms with Gasteiger partial charge >= 0.3 is 0 Å². The lowest BCUT2D eigenvalue weighted by Gasteiger charge is -2.36. The minimum absolute atomic E-state index is 0. The van der Waals surface area contributed by atoms with Crippen molar-refractivity contribution < 1.29 is 9.53 Å². The van der Waals surface area contributed by atoms with Gasteiger partial charge in [-0.05, 0) is 39.7 Å². The molecule has 0 radical (unpaired) electrons. The van der Waals surface area contributed by atoms with Crippen LogP contribution in [0, 0.1) is 5.92 Å². The number of nitrogens with two attached hydrogens (primary N) is 1. The zero-order chi connectivity index (χ0) is 14.0. The van der Waals surface area contributed by atoms with Gasteiger partial charge in [0.25, 0.3) is 0 Å². The molecule has 6 heteroatoms. The highest BCUT2D eigenvalue weighted by molar-refractivity contribution is 5.85. The maximum atomic E-state index is 12.3. The first-order valence-corrected chi connectivity index (χ1v) is 7.37. The topological polar surface area (TPSA) is 58.8 Å². The Labute approximate surface area is 128 Å². The lowest BCUT2D eigenvalue weighted by molar-refractivity contribution is -0.144. The molecule has 5 nitrogen and oxygen atoms in total. The lowest BCUT2D eigenvalue weighted by Crippen LogP contribution is -2.51. The van der Waals surface area contributed by atoms with Crippen LogP contribution in [0.3, 0.4) is 0 Å². The van der Waals surface area contributed by atoms with Crippen LogP contribution in [0.5, 0.6) is 0 Å². The van der Waals surface area contributed by atoms with E-state index in [2.05, 4.69) is 11.8 Å². The van der Waals surface area contributed by atoms with E-state index in [4.69, 9.17) is 10.5 Å². The molecule has 20 heavy (non-hydrogen) atoms. The van der Waals surface area contributed by atoms with Crippen molar-refractivity contribution in [3.8, 4) is 0 Å². The summed E-state index contributed by atoms with van der Waals surface area (Å²) >= 11 is 0. The molecule has 2 saturated heterocycles. The first kappa shape index (κ1) is 17.7. The van der Waals surface area contributed by atoms with Gasteiger partial charge in [-0.15, -0.1) is 12.4 Å². The Morgan fingerprint density at radius 2 is 1.90 bits per heavy atom. The number of nitrogens with zero attached hydrogens (tertiary/aromatic N) is 2. The van der Waals surface area contributed by atoms with Gasteiger partial charge in [-0.1, -0.05) is 0 Å². The average molecular weight is 306 g/mol. The van der Waals surface area contributed by atoms with Gasteiger partial charge in [0.2, 0.25) is 5.91 Å². The van der Waals surface area contributed by atoms with Crippen molar-refractivity contribution in [2.45, 2.75) is 45.4 Å². The predicted octanol–water partition coefficient (Wildman–Crippen LogP) is 0.713. The van der Waals surface area contributed by atoms with Gasteiger partial charge in [0.15, 0.2) is 0 Å². The Balaban J connectivity index is 0.00000200. The largest absolute Gasteiger partial charge is 0.372 e. The SMILES string of the molecule is CC1CN(C(=O)CN2CCC(C(C)N)C2)CC(C)O1.Cl. The Bertz CT molecular complexity index is 318. The number of hydrogen-bond acceptors (Lipinski definition) is 4. The molecule has 4 atom stereocenters. The van der Waals surface area contributed by atoms with E-state index in [1.54, 1.807) is 0 Å². The van der Waals surface area contributed by atoms with Crippen LogP contribution in [0.4, 0.5) is 0 Å². The summed E-state index contributed by atoms with van der Waals surface area (Å²) in [5, 5.41) is 0. The van der Waals surface area contributed by atoms with E-state index in [1.807, 2.05) is 18.7 Å². The van der Waals surface area contributed by atoms with Gasteiger partial charge < -0.3 is 15.4 Å². The Hall–Kier alpha value is -0.360. The Kier molecular flexibility index (Phi) is 6.72. The number of amides is 1. The molecule has 4 unspecified atom stereocenters. The molecule has 0 aliphatic carbocycles. The van der Waals surface area contributed by atoms with Gasteiger partial charge in [-0.25, -0.2) is 0 Å². The van der Waals surface area contributed by atoms with Crippen molar-refractivity contribution in [3.63, 3.8) is 0 Å². The molecule has 2 fully saturated rings. The number of morpholine rings is 1. The van der Waals surface area contributed by atoms with Crippen molar-refractivity contribution in [2.75, 3.05) is 32.7 Å². The summed E-state index contributed by atoms with van der Waals surface area (Å²) in [7, 11) is 0. The molecule has 2 heterocycles. The molecule has 2 aliphatic heterocycles. The maximum absolute atomic E-state index is 12.3. The molecular weight excluding hydrogens is 278 g/mol. The second kappa shape index (κ2) is 7.59. The molecule has 0 bridgehead atoms. The highest BCUT2D eigenvalue weighted by Crippen LogP contribution is 2.19. The third-order valence-corrected chi connectivity index (χ3v) is 4.18. The number of carbonyl (C=O) groups is 1. The molecule has 0 aromatic rings. The average Bonchev–Trinajstić information content (AvgIpc) is 2.76. The second-order valence-corrected chi connectivity index (χ2v) is 6.20. The molecule has 0 saturated carbocycles. The van der Waals surface area contributed by atoms with Crippen LogP contribution in [-0.4, -0.2) is 66.7 Å². The minimum atomic E-state index is 0. The van der Waals surface area contributed by atoms with E-state index >= 15 is 0 Å². The van der Waals surface area contributed by atoms with Crippen molar-refractivity contribution in [2.24, 2.45) is 11.7 Å². The molecular formula is C14H28ClN3O2. The van der Waals surface area contributed by atoms with Gasteiger partial charge in [0, 0.05) is 25.7 Å². The first-order chi connectivity index (χ1) is 8.95. The third kappa shape index (κ3) is 4.58. The van der Waals surface area contributed by atoms with Crippen LogP contribution >= 0.6 is 12.4 Å². The van der Waals surface area contributed by atoms with Gasteiger partial charge in [-0.3, -0.25) is 9.69 Å². The van der Waals surface area contributed by atoms with Gasteiger partial charge in [0.1, 0.15) is 0 Å². The first-order valence-electron chi connectivity index (χ1n) is 7.37. The van der Waals surface area contributed by atoms with Crippen molar-refractivity contribution in [1.82, 2.24) is 9.80 Å². The summed E-state index contributed by atoms with van der Waals surface area (Å²) in [5.74, 6) is 0.766. The smallest absolute Gasteiger partial charge is 0.236 e. The number of hydrogen-bond donors (Lipinski definition) is 1. The van der Waals surface area contributed by atoms with E-state index < -0.39 is 0 Å². The van der Waals surface area contributed by atoms with Crippen LogP contribution < -0.4 is 5.73 Å². The normalized spacial score (nSPS) is 32.8. The molecule has 0 aromatic heterocycles. The van der Waals surface area contributed by atoms with Crippen LogP contribution in [0.2, 0.25) is 0 Å². The van der Waals surface area contributed by atoms with Crippen LogP contribution in [0.25, 0.3) is 0 Å². The quantitative estimate of drug-likeness (QED) is 0.834. The van der Waals surface area contributed by atoms with Crippen LogP contribution in [-0.2, 0) is 9.53 Å². The van der Waals surface area contributed by atoms with E-state index in [9.17, 15) is 4.79 Å². The van der Waals surface area contributed by atoms with Crippen molar-refractivity contribution in [1.29, 1.82) is 0 Å². The summed E-state index contributed by atoms with van der Waals surface area (Å²) in [4.78, 5) is 16.5. The van der Waals surface area contributed by atoms with Crippen LogP contribution in [0.1, 0.15) is 27.2 Å². The molecule has 118 valence electrons. The summed E-state index contributed by atoms with van der Waals surface area (Å²) in [6.07, 6.45) is 1.40. The zero-order valence-electron chi connectivity index (χ0n) is 12.7. The Morgan fingerprint density at radius 3 is 2.40 bits per heavy atom. The summed E-state index contributed by atoms with van der Waals surface area (Å²) in [5.41, 5.74) is 5.93. The summed E-state index contributed by atoms with van der Waals surface area (Å²) < 4.78 is 5.66. The minimum Gasteiger partial charge on any atom is -0.372 e. The molecule has 2 rings (SSSR count). The van der Waals surface area contributed by atoms with E-state index in [0.29, 0.717) is 25.6 Å². The second-order valence-electron chi connectivity index (χ2n) is 6.20.